The third-order valence-corrected chi connectivity index (χ3v) is 3.43. The van der Waals surface area contributed by atoms with Crippen LogP contribution in [0, 0.1) is 0 Å². The number of rotatable bonds is 2. The maximum Gasteiger partial charge on any atom is 0.183 e. The first-order valence-electron chi connectivity index (χ1n) is 4.45. The second-order valence-electron chi connectivity index (χ2n) is 3.44. The first-order chi connectivity index (χ1) is 7.08. The van der Waals surface area contributed by atoms with Gasteiger partial charge >= 0.3 is 0 Å². The molecule has 0 amide bonds. The largest absolute Gasteiger partial charge is 0.262 e. The van der Waals surface area contributed by atoms with Crippen molar-refractivity contribution < 1.29 is 0 Å². The van der Waals surface area contributed by atoms with E-state index in [2.05, 4.69) is 15.2 Å². The molecule has 0 radical (unpaired) electrons. The third kappa shape index (κ3) is 2.17. The number of aromatic nitrogens is 3. The van der Waals surface area contributed by atoms with Gasteiger partial charge in [0.2, 0.25) is 0 Å². The van der Waals surface area contributed by atoms with Gasteiger partial charge in [0.1, 0.15) is 10.2 Å². The van der Waals surface area contributed by atoms with E-state index in [1.165, 1.54) is 11.3 Å². The average molecular weight is 262 g/mol. The van der Waals surface area contributed by atoms with E-state index >= 15 is 0 Å². The normalized spacial score (nSPS) is 11.3. The van der Waals surface area contributed by atoms with E-state index in [1.54, 1.807) is 6.07 Å². The van der Waals surface area contributed by atoms with Crippen molar-refractivity contribution in [1.29, 1.82) is 0 Å². The Kier molecular flexibility index (Phi) is 3.00. The van der Waals surface area contributed by atoms with Crippen molar-refractivity contribution in [1.82, 2.24) is 15.2 Å². The summed E-state index contributed by atoms with van der Waals surface area (Å²) >= 11 is 13.2. The fourth-order valence-corrected chi connectivity index (χ4v) is 2.60. The number of nitrogens with one attached hydrogen (secondary N) is 1. The molecule has 6 heteroatoms. The van der Waals surface area contributed by atoms with E-state index in [1.807, 2.05) is 13.8 Å². The van der Waals surface area contributed by atoms with Crippen molar-refractivity contribution in [3.8, 4) is 11.4 Å². The molecule has 2 rings (SSSR count). The summed E-state index contributed by atoms with van der Waals surface area (Å²) in [4.78, 5) is 4.35. The van der Waals surface area contributed by atoms with Crippen LogP contribution in [0.25, 0.3) is 11.4 Å². The monoisotopic (exact) mass is 261 g/mol. The van der Waals surface area contributed by atoms with Gasteiger partial charge in [0.25, 0.3) is 0 Å². The Hall–Kier alpha value is -0.580. The van der Waals surface area contributed by atoms with Crippen LogP contribution in [0.5, 0.6) is 0 Å². The van der Waals surface area contributed by atoms with Gasteiger partial charge in [-0.2, -0.15) is 5.10 Å². The first-order valence-corrected chi connectivity index (χ1v) is 6.02. The number of nitrogens with zero attached hydrogens (tertiary/aromatic N) is 2. The zero-order valence-electron chi connectivity index (χ0n) is 8.21. The highest BCUT2D eigenvalue weighted by atomic mass is 35.5. The van der Waals surface area contributed by atoms with Crippen LogP contribution >= 0.6 is 34.5 Å². The molecule has 0 aliphatic heterocycles. The Balaban J connectivity index is 2.41. The predicted octanol–water partition coefficient (Wildman–Crippen LogP) is 3.96. The molecule has 1 N–H and O–H groups in total. The molecule has 0 spiro atoms. The van der Waals surface area contributed by atoms with Gasteiger partial charge in [0.15, 0.2) is 5.82 Å². The van der Waals surface area contributed by atoms with E-state index in [0.717, 1.165) is 11.4 Å². The standard InChI is InChI=1S/C9H9Cl2N3S/c1-4(2)8-12-9(14-13-8)5-3-6(10)15-7(5)11/h3-4H,1-2H3,(H,12,13,14). The number of hydrogen-bond acceptors (Lipinski definition) is 3. The summed E-state index contributed by atoms with van der Waals surface area (Å²) in [7, 11) is 0. The molecule has 80 valence electrons. The highest BCUT2D eigenvalue weighted by molar-refractivity contribution is 7.20. The molecule has 0 unspecified atom stereocenters. The predicted molar refractivity (Wildman–Crippen MR) is 63.8 cm³/mol. The van der Waals surface area contributed by atoms with E-state index < -0.39 is 0 Å². The second-order valence-corrected chi connectivity index (χ2v) is 5.72. The summed E-state index contributed by atoms with van der Waals surface area (Å²) in [6.07, 6.45) is 0. The van der Waals surface area contributed by atoms with Gasteiger partial charge in [-0.05, 0) is 6.07 Å². The lowest BCUT2D eigenvalue weighted by Gasteiger charge is -1.95. The fourth-order valence-electron chi connectivity index (χ4n) is 1.15. The second kappa shape index (κ2) is 4.12. The molecule has 0 bridgehead atoms. The Labute approximate surface area is 101 Å². The molecule has 15 heavy (non-hydrogen) atoms. The molecule has 2 aromatic heterocycles. The number of aromatic amines is 1. The van der Waals surface area contributed by atoms with E-state index in [4.69, 9.17) is 23.2 Å². The maximum absolute atomic E-state index is 6.01. The van der Waals surface area contributed by atoms with Gasteiger partial charge in [-0.15, -0.1) is 11.3 Å². The quantitative estimate of drug-likeness (QED) is 0.889. The minimum Gasteiger partial charge on any atom is -0.262 e. The van der Waals surface area contributed by atoms with E-state index in [-0.39, 0.29) is 0 Å². The van der Waals surface area contributed by atoms with Gasteiger partial charge in [0, 0.05) is 5.92 Å². The average Bonchev–Trinajstić information content (AvgIpc) is 2.71. The highest BCUT2D eigenvalue weighted by Crippen LogP contribution is 2.36. The molecular formula is C9H9Cl2N3S. The van der Waals surface area contributed by atoms with Crippen molar-refractivity contribution in [2.75, 3.05) is 0 Å². The lowest BCUT2D eigenvalue weighted by molar-refractivity contribution is 0.781. The van der Waals surface area contributed by atoms with E-state index in [9.17, 15) is 0 Å². The van der Waals surface area contributed by atoms with Crippen LogP contribution in [0.2, 0.25) is 8.67 Å². The van der Waals surface area contributed by atoms with Crippen LogP contribution in [-0.4, -0.2) is 15.2 Å². The molecule has 2 aromatic rings. The van der Waals surface area contributed by atoms with Crippen LogP contribution < -0.4 is 0 Å². The topological polar surface area (TPSA) is 41.6 Å². The molecule has 0 fully saturated rings. The molecule has 0 saturated heterocycles. The number of thiophene rings is 1. The van der Waals surface area contributed by atoms with Crippen molar-refractivity contribution >= 4 is 34.5 Å². The van der Waals surface area contributed by atoms with Gasteiger partial charge in [-0.25, -0.2) is 4.98 Å². The lowest BCUT2D eigenvalue weighted by Crippen LogP contribution is -1.89. The highest BCUT2D eigenvalue weighted by Gasteiger charge is 2.14. The van der Waals surface area contributed by atoms with Crippen LogP contribution in [0.1, 0.15) is 25.6 Å². The van der Waals surface area contributed by atoms with Crippen LogP contribution in [0.3, 0.4) is 0 Å². The minimum absolute atomic E-state index is 0.319. The zero-order valence-corrected chi connectivity index (χ0v) is 10.5. The van der Waals surface area contributed by atoms with Crippen molar-refractivity contribution in [3.05, 3.63) is 20.6 Å². The van der Waals surface area contributed by atoms with Gasteiger partial charge < -0.3 is 0 Å². The first kappa shape index (κ1) is 10.9. The molecule has 3 nitrogen and oxygen atoms in total. The summed E-state index contributed by atoms with van der Waals surface area (Å²) in [6.45, 7) is 4.10. The van der Waals surface area contributed by atoms with Crippen LogP contribution in [0.4, 0.5) is 0 Å². The zero-order chi connectivity index (χ0) is 11.0. The van der Waals surface area contributed by atoms with Crippen LogP contribution in [0.15, 0.2) is 6.07 Å². The molecule has 0 aliphatic rings. The molecule has 0 aromatic carbocycles. The summed E-state index contributed by atoms with van der Waals surface area (Å²) in [5.74, 6) is 1.77. The summed E-state index contributed by atoms with van der Waals surface area (Å²) in [6, 6.07) is 1.78. The summed E-state index contributed by atoms with van der Waals surface area (Å²) in [5.41, 5.74) is 0.787. The third-order valence-electron chi connectivity index (χ3n) is 1.95. The maximum atomic E-state index is 6.01. The van der Waals surface area contributed by atoms with Crippen molar-refractivity contribution in [2.24, 2.45) is 0 Å². The Morgan fingerprint density at radius 1 is 1.40 bits per heavy atom. The lowest BCUT2D eigenvalue weighted by atomic mass is 10.2. The number of hydrogen-bond donors (Lipinski definition) is 1. The SMILES string of the molecule is CC(C)c1nc(-c2cc(Cl)sc2Cl)n[nH]1. The molecule has 2 heterocycles. The van der Waals surface area contributed by atoms with Gasteiger partial charge in [-0.3, -0.25) is 5.10 Å². The Bertz CT molecular complexity index is 475. The van der Waals surface area contributed by atoms with Crippen molar-refractivity contribution in [2.45, 2.75) is 19.8 Å². The van der Waals surface area contributed by atoms with Gasteiger partial charge in [-0.1, -0.05) is 37.0 Å². The smallest absolute Gasteiger partial charge is 0.183 e. The number of H-pyrrole nitrogens is 1. The molecule has 0 atom stereocenters. The van der Waals surface area contributed by atoms with E-state index in [0.29, 0.717) is 20.4 Å². The Morgan fingerprint density at radius 3 is 2.60 bits per heavy atom. The summed E-state index contributed by atoms with van der Waals surface area (Å²) < 4.78 is 1.26. The van der Waals surface area contributed by atoms with Gasteiger partial charge in [0.05, 0.1) is 9.90 Å². The number of halogens is 2. The molecular weight excluding hydrogens is 253 g/mol. The Morgan fingerprint density at radius 2 is 2.13 bits per heavy atom. The fraction of sp³-hybridized carbons (Fsp3) is 0.333. The van der Waals surface area contributed by atoms with Crippen molar-refractivity contribution in [3.63, 3.8) is 0 Å². The molecule has 0 aliphatic carbocycles. The minimum atomic E-state index is 0.319. The summed E-state index contributed by atoms with van der Waals surface area (Å²) in [5, 5.41) is 6.99. The van der Waals surface area contributed by atoms with Crippen LogP contribution in [-0.2, 0) is 0 Å². The molecule has 0 saturated carbocycles.